The Labute approximate surface area is 125 Å². The van der Waals surface area contributed by atoms with E-state index >= 15 is 0 Å². The highest BCUT2D eigenvalue weighted by Crippen LogP contribution is 2.17. The van der Waals surface area contributed by atoms with Crippen LogP contribution in [0.1, 0.15) is 11.8 Å². The zero-order valence-corrected chi connectivity index (χ0v) is 13.4. The van der Waals surface area contributed by atoms with E-state index in [0.717, 1.165) is 31.4 Å². The smallest absolute Gasteiger partial charge is 0.193 e. The molecule has 1 aromatic heterocycles. The first-order chi connectivity index (χ1) is 8.18. The van der Waals surface area contributed by atoms with Crippen molar-refractivity contribution in [3.05, 3.63) is 24.2 Å². The van der Waals surface area contributed by atoms with Crippen LogP contribution in [0.2, 0.25) is 0 Å². The molecule has 6 heteroatoms. The quantitative estimate of drug-likeness (QED) is 0.821. The average Bonchev–Trinajstić information content (AvgIpc) is 2.91. The standard InChI is InChI=1S/C12H20N4O.HI/c1-15(2)10(11-5-4-8-17-11)9-14-12-13-6-7-16(12)3;/h4-5,8,10H,6-7,9H2,1-3H3,(H,13,14);1H. The van der Waals surface area contributed by atoms with Gasteiger partial charge in [-0.15, -0.1) is 24.0 Å². The largest absolute Gasteiger partial charge is 0.468 e. The molecule has 1 unspecified atom stereocenters. The van der Waals surface area contributed by atoms with E-state index in [1.54, 1.807) is 6.26 Å². The van der Waals surface area contributed by atoms with Crippen LogP contribution < -0.4 is 5.32 Å². The van der Waals surface area contributed by atoms with E-state index < -0.39 is 0 Å². The molecule has 1 aliphatic heterocycles. The SMILES string of the molecule is CN1CCN=C1NCC(c1ccco1)N(C)C.I. The molecule has 0 saturated carbocycles. The van der Waals surface area contributed by atoms with Gasteiger partial charge in [0.1, 0.15) is 5.76 Å². The van der Waals surface area contributed by atoms with Crippen LogP contribution in [0.25, 0.3) is 0 Å². The molecule has 0 aromatic carbocycles. The predicted octanol–water partition coefficient (Wildman–Crippen LogP) is 1.39. The van der Waals surface area contributed by atoms with Gasteiger partial charge in [0.2, 0.25) is 0 Å². The molecule has 1 aliphatic rings. The lowest BCUT2D eigenvalue weighted by atomic mass is 10.2. The van der Waals surface area contributed by atoms with Gasteiger partial charge in [0.25, 0.3) is 0 Å². The Balaban J connectivity index is 0.00000162. The second kappa shape index (κ2) is 6.98. The summed E-state index contributed by atoms with van der Waals surface area (Å²) < 4.78 is 5.46. The summed E-state index contributed by atoms with van der Waals surface area (Å²) in [5.41, 5.74) is 0. The second-order valence-corrected chi connectivity index (χ2v) is 4.50. The Morgan fingerprint density at radius 3 is 2.83 bits per heavy atom. The average molecular weight is 364 g/mol. The number of guanidine groups is 1. The van der Waals surface area contributed by atoms with Crippen LogP contribution in [-0.4, -0.2) is 56.5 Å². The zero-order valence-electron chi connectivity index (χ0n) is 11.1. The lowest BCUT2D eigenvalue weighted by Gasteiger charge is -2.24. The summed E-state index contributed by atoms with van der Waals surface area (Å²) in [6, 6.07) is 4.15. The van der Waals surface area contributed by atoms with E-state index in [-0.39, 0.29) is 30.0 Å². The number of nitrogens with one attached hydrogen (secondary N) is 1. The molecular formula is C12H21IN4O. The van der Waals surface area contributed by atoms with Gasteiger partial charge >= 0.3 is 0 Å². The first kappa shape index (κ1) is 15.3. The number of aliphatic imine (C=N–C) groups is 1. The third-order valence-electron chi connectivity index (χ3n) is 3.01. The van der Waals surface area contributed by atoms with Crippen molar-refractivity contribution < 1.29 is 4.42 Å². The molecular weight excluding hydrogens is 343 g/mol. The normalized spacial score (nSPS) is 16.4. The summed E-state index contributed by atoms with van der Waals surface area (Å²) in [4.78, 5) is 8.69. The number of nitrogens with zero attached hydrogens (tertiary/aromatic N) is 3. The van der Waals surface area contributed by atoms with Crippen molar-refractivity contribution in [1.82, 2.24) is 15.1 Å². The van der Waals surface area contributed by atoms with E-state index in [9.17, 15) is 0 Å². The molecule has 18 heavy (non-hydrogen) atoms. The molecule has 0 spiro atoms. The fourth-order valence-electron chi connectivity index (χ4n) is 1.93. The van der Waals surface area contributed by atoms with Gasteiger partial charge in [-0.1, -0.05) is 0 Å². The van der Waals surface area contributed by atoms with Crippen LogP contribution in [0.5, 0.6) is 0 Å². The molecule has 0 radical (unpaired) electrons. The molecule has 0 aliphatic carbocycles. The van der Waals surface area contributed by atoms with Crippen LogP contribution in [0.3, 0.4) is 0 Å². The van der Waals surface area contributed by atoms with E-state index in [1.165, 1.54) is 0 Å². The Hall–Kier alpha value is -0.760. The van der Waals surface area contributed by atoms with Crippen molar-refractivity contribution in [2.45, 2.75) is 6.04 Å². The number of likely N-dealkylation sites (N-methyl/N-ethyl adjacent to an activating group) is 2. The third-order valence-corrected chi connectivity index (χ3v) is 3.01. The minimum atomic E-state index is 0. The molecule has 0 amide bonds. The second-order valence-electron chi connectivity index (χ2n) is 4.50. The van der Waals surface area contributed by atoms with Crippen molar-refractivity contribution in [2.24, 2.45) is 4.99 Å². The number of hydrogen-bond donors (Lipinski definition) is 1. The molecule has 5 nitrogen and oxygen atoms in total. The molecule has 1 aromatic rings. The molecule has 0 bridgehead atoms. The lowest BCUT2D eigenvalue weighted by Crippen LogP contribution is -2.40. The highest BCUT2D eigenvalue weighted by Gasteiger charge is 2.19. The Bertz CT molecular complexity index is 377. The summed E-state index contributed by atoms with van der Waals surface area (Å²) in [5.74, 6) is 1.95. The molecule has 102 valence electrons. The van der Waals surface area contributed by atoms with Crippen LogP contribution >= 0.6 is 24.0 Å². The molecule has 0 saturated heterocycles. The first-order valence-electron chi connectivity index (χ1n) is 5.88. The number of hydrogen-bond acceptors (Lipinski definition) is 5. The van der Waals surface area contributed by atoms with E-state index in [2.05, 4.69) is 41.3 Å². The van der Waals surface area contributed by atoms with Gasteiger partial charge in [0.05, 0.1) is 18.8 Å². The molecule has 0 fully saturated rings. The van der Waals surface area contributed by atoms with Crippen LogP contribution in [-0.2, 0) is 0 Å². The summed E-state index contributed by atoms with van der Waals surface area (Å²) in [6.45, 7) is 2.67. The van der Waals surface area contributed by atoms with Gasteiger partial charge < -0.3 is 14.6 Å². The maximum absolute atomic E-state index is 5.46. The van der Waals surface area contributed by atoms with Crippen molar-refractivity contribution in [3.8, 4) is 0 Å². The fraction of sp³-hybridized carbons (Fsp3) is 0.583. The Morgan fingerprint density at radius 1 is 1.56 bits per heavy atom. The first-order valence-corrected chi connectivity index (χ1v) is 5.88. The highest BCUT2D eigenvalue weighted by molar-refractivity contribution is 14.0. The number of furan rings is 1. The minimum absolute atomic E-state index is 0. The van der Waals surface area contributed by atoms with Crippen molar-refractivity contribution in [2.75, 3.05) is 40.8 Å². The van der Waals surface area contributed by atoms with Crippen LogP contribution in [0, 0.1) is 0 Å². The molecule has 2 heterocycles. The fourth-order valence-corrected chi connectivity index (χ4v) is 1.93. The van der Waals surface area contributed by atoms with Gasteiger partial charge in [-0.3, -0.25) is 9.89 Å². The maximum atomic E-state index is 5.46. The van der Waals surface area contributed by atoms with E-state index in [0.29, 0.717) is 0 Å². The maximum Gasteiger partial charge on any atom is 0.193 e. The lowest BCUT2D eigenvalue weighted by molar-refractivity contribution is 0.257. The number of rotatable bonds is 4. The summed E-state index contributed by atoms with van der Waals surface area (Å²) in [5, 5.41) is 3.38. The Morgan fingerprint density at radius 2 is 2.33 bits per heavy atom. The van der Waals surface area contributed by atoms with Crippen molar-refractivity contribution in [3.63, 3.8) is 0 Å². The zero-order chi connectivity index (χ0) is 12.3. The van der Waals surface area contributed by atoms with Gasteiger partial charge in [-0.25, -0.2) is 0 Å². The predicted molar refractivity (Wildman–Crippen MR) is 83.5 cm³/mol. The van der Waals surface area contributed by atoms with Gasteiger partial charge in [0.15, 0.2) is 5.96 Å². The van der Waals surface area contributed by atoms with E-state index in [4.69, 9.17) is 4.42 Å². The molecule has 1 N–H and O–H groups in total. The molecule has 1 atom stereocenters. The number of halogens is 1. The Kier molecular flexibility index (Phi) is 5.94. The van der Waals surface area contributed by atoms with Crippen molar-refractivity contribution >= 4 is 29.9 Å². The van der Waals surface area contributed by atoms with Gasteiger partial charge in [-0.05, 0) is 26.2 Å². The monoisotopic (exact) mass is 364 g/mol. The summed E-state index contributed by atoms with van der Waals surface area (Å²) in [6.07, 6.45) is 1.71. The van der Waals surface area contributed by atoms with Gasteiger partial charge in [-0.2, -0.15) is 0 Å². The van der Waals surface area contributed by atoms with Crippen molar-refractivity contribution in [1.29, 1.82) is 0 Å². The summed E-state index contributed by atoms with van der Waals surface area (Å²) in [7, 11) is 6.15. The topological polar surface area (TPSA) is 44.0 Å². The van der Waals surface area contributed by atoms with E-state index in [1.807, 2.05) is 12.1 Å². The minimum Gasteiger partial charge on any atom is -0.468 e. The van der Waals surface area contributed by atoms with Crippen LogP contribution in [0.4, 0.5) is 0 Å². The summed E-state index contributed by atoms with van der Waals surface area (Å²) >= 11 is 0. The highest BCUT2D eigenvalue weighted by atomic mass is 127. The molecule has 2 rings (SSSR count). The van der Waals surface area contributed by atoms with Gasteiger partial charge in [0, 0.05) is 20.1 Å². The third kappa shape index (κ3) is 3.61. The van der Waals surface area contributed by atoms with Crippen LogP contribution in [0.15, 0.2) is 27.8 Å².